The monoisotopic (exact) mass is 552 g/mol. The smallest absolute Gasteiger partial charge is 0.338 e. The highest BCUT2D eigenvalue weighted by molar-refractivity contribution is 5.96. The van der Waals surface area contributed by atoms with Gasteiger partial charge in [0.05, 0.1) is 11.1 Å². The van der Waals surface area contributed by atoms with E-state index >= 15 is 0 Å². The Hall–Kier alpha value is -5.44. The fourth-order valence-electron chi connectivity index (χ4n) is 3.55. The molecule has 0 atom stereocenters. The minimum atomic E-state index is -0.647. The lowest BCUT2D eigenvalue weighted by Crippen LogP contribution is -2.20. The van der Waals surface area contributed by atoms with Crippen LogP contribution in [-0.2, 0) is 19.1 Å². The van der Waals surface area contributed by atoms with Crippen molar-refractivity contribution in [3.05, 3.63) is 119 Å². The summed E-state index contributed by atoms with van der Waals surface area (Å²) in [6, 6.07) is 26.9. The Morgan fingerprint density at radius 2 is 0.854 bits per heavy atom. The molecule has 9 nitrogen and oxygen atoms in total. The van der Waals surface area contributed by atoms with E-state index in [-0.39, 0.29) is 11.1 Å². The minimum Gasteiger partial charge on any atom is -0.457 e. The molecule has 4 aromatic carbocycles. The number of ether oxygens (including phenoxy) is 3. The summed E-state index contributed by atoms with van der Waals surface area (Å²) in [5.41, 5.74) is 3.87. The maximum Gasteiger partial charge on any atom is 0.338 e. The number of amides is 2. The number of rotatable bonds is 10. The van der Waals surface area contributed by atoms with Gasteiger partial charge in [-0.15, -0.1) is 0 Å². The van der Waals surface area contributed by atoms with Gasteiger partial charge in [0.25, 0.3) is 11.8 Å². The Balaban J connectivity index is 1.21. The van der Waals surface area contributed by atoms with Crippen molar-refractivity contribution in [1.82, 2.24) is 0 Å². The molecule has 4 rings (SSSR count). The van der Waals surface area contributed by atoms with Crippen LogP contribution >= 0.6 is 0 Å². The van der Waals surface area contributed by atoms with Crippen LogP contribution in [0.5, 0.6) is 11.5 Å². The van der Waals surface area contributed by atoms with E-state index in [4.69, 9.17) is 14.2 Å². The lowest BCUT2D eigenvalue weighted by Gasteiger charge is -2.09. The van der Waals surface area contributed by atoms with Crippen molar-refractivity contribution >= 4 is 35.1 Å². The molecule has 0 radical (unpaired) electrons. The van der Waals surface area contributed by atoms with E-state index in [1.807, 2.05) is 38.1 Å². The molecule has 0 aliphatic carbocycles. The van der Waals surface area contributed by atoms with Crippen LogP contribution in [0.4, 0.5) is 11.4 Å². The highest BCUT2D eigenvalue weighted by Crippen LogP contribution is 2.23. The number of aryl methyl sites for hydroxylation is 2. The lowest BCUT2D eigenvalue weighted by atomic mass is 10.2. The van der Waals surface area contributed by atoms with Gasteiger partial charge in [0.15, 0.2) is 13.2 Å². The highest BCUT2D eigenvalue weighted by atomic mass is 16.5. The van der Waals surface area contributed by atoms with E-state index in [0.29, 0.717) is 22.9 Å². The second-order valence-corrected chi connectivity index (χ2v) is 9.13. The van der Waals surface area contributed by atoms with E-state index in [9.17, 15) is 19.2 Å². The van der Waals surface area contributed by atoms with Gasteiger partial charge in [-0.05, 0) is 86.6 Å². The van der Waals surface area contributed by atoms with E-state index in [1.54, 1.807) is 48.5 Å². The molecule has 0 unspecified atom stereocenters. The van der Waals surface area contributed by atoms with Gasteiger partial charge in [0, 0.05) is 11.4 Å². The first kappa shape index (κ1) is 28.6. The third kappa shape index (κ3) is 8.79. The molecule has 9 heteroatoms. The molecule has 0 fully saturated rings. The molecular formula is C32H28N2O7. The average Bonchev–Trinajstić information content (AvgIpc) is 2.98. The summed E-state index contributed by atoms with van der Waals surface area (Å²) in [5.74, 6) is -1.29. The first-order valence-electron chi connectivity index (χ1n) is 12.7. The molecule has 0 saturated carbocycles. The Labute approximate surface area is 237 Å². The van der Waals surface area contributed by atoms with Crippen LogP contribution in [0, 0.1) is 13.8 Å². The molecule has 208 valence electrons. The van der Waals surface area contributed by atoms with Crippen LogP contribution in [0.15, 0.2) is 97.1 Å². The highest BCUT2D eigenvalue weighted by Gasteiger charge is 2.13. The third-order valence-electron chi connectivity index (χ3n) is 5.76. The first-order chi connectivity index (χ1) is 19.7. The number of benzene rings is 4. The Kier molecular flexibility index (Phi) is 9.45. The topological polar surface area (TPSA) is 120 Å². The molecule has 4 aromatic rings. The predicted octanol–water partition coefficient (Wildman–Crippen LogP) is 5.69. The van der Waals surface area contributed by atoms with Crippen LogP contribution in [0.25, 0.3) is 0 Å². The van der Waals surface area contributed by atoms with Gasteiger partial charge in [0.2, 0.25) is 0 Å². The largest absolute Gasteiger partial charge is 0.457 e. The zero-order valence-electron chi connectivity index (χ0n) is 22.5. The summed E-state index contributed by atoms with van der Waals surface area (Å²) < 4.78 is 15.9. The molecule has 0 bridgehead atoms. The predicted molar refractivity (Wildman–Crippen MR) is 153 cm³/mol. The zero-order valence-corrected chi connectivity index (χ0v) is 22.5. The molecule has 2 N–H and O–H groups in total. The molecule has 41 heavy (non-hydrogen) atoms. The molecule has 0 aliphatic rings. The molecular weight excluding hydrogens is 524 g/mol. The average molecular weight is 553 g/mol. The van der Waals surface area contributed by atoms with Gasteiger partial charge in [-0.2, -0.15) is 0 Å². The summed E-state index contributed by atoms with van der Waals surface area (Å²) >= 11 is 0. The van der Waals surface area contributed by atoms with Crippen molar-refractivity contribution in [3.63, 3.8) is 0 Å². The van der Waals surface area contributed by atoms with Crippen molar-refractivity contribution in [2.75, 3.05) is 23.8 Å². The zero-order chi connectivity index (χ0) is 29.2. The number of anilines is 2. The van der Waals surface area contributed by atoms with Crippen molar-refractivity contribution < 1.29 is 33.4 Å². The van der Waals surface area contributed by atoms with Crippen LogP contribution in [0.2, 0.25) is 0 Å². The molecule has 0 saturated heterocycles. The summed E-state index contributed by atoms with van der Waals surface area (Å²) in [6.45, 7) is 3.04. The van der Waals surface area contributed by atoms with Gasteiger partial charge in [0.1, 0.15) is 11.5 Å². The number of carbonyl (C=O) groups excluding carboxylic acids is 4. The molecule has 0 aliphatic heterocycles. The van der Waals surface area contributed by atoms with Crippen LogP contribution in [-0.4, -0.2) is 37.0 Å². The Morgan fingerprint density at radius 3 is 1.20 bits per heavy atom. The van der Waals surface area contributed by atoms with E-state index in [2.05, 4.69) is 10.6 Å². The quantitative estimate of drug-likeness (QED) is 0.243. The Bertz CT molecular complexity index is 1400. The van der Waals surface area contributed by atoms with Crippen molar-refractivity contribution in [2.45, 2.75) is 13.8 Å². The van der Waals surface area contributed by atoms with Crippen molar-refractivity contribution in [2.24, 2.45) is 0 Å². The maximum absolute atomic E-state index is 12.3. The van der Waals surface area contributed by atoms with E-state index in [1.165, 1.54) is 24.3 Å². The van der Waals surface area contributed by atoms with Crippen LogP contribution in [0.1, 0.15) is 31.8 Å². The summed E-state index contributed by atoms with van der Waals surface area (Å²) in [4.78, 5) is 48.7. The number of hydrogen-bond acceptors (Lipinski definition) is 7. The van der Waals surface area contributed by atoms with Gasteiger partial charge in [-0.25, -0.2) is 9.59 Å². The normalized spacial score (nSPS) is 10.3. The van der Waals surface area contributed by atoms with Crippen LogP contribution in [0.3, 0.4) is 0 Å². The van der Waals surface area contributed by atoms with Gasteiger partial charge in [-0.3, -0.25) is 9.59 Å². The van der Waals surface area contributed by atoms with Crippen LogP contribution < -0.4 is 15.4 Å². The van der Waals surface area contributed by atoms with E-state index in [0.717, 1.165) is 11.1 Å². The number of nitrogens with one attached hydrogen (secondary N) is 2. The summed E-state index contributed by atoms with van der Waals surface area (Å²) in [6.07, 6.45) is 0. The first-order valence-corrected chi connectivity index (χ1v) is 12.7. The molecule has 0 aromatic heterocycles. The lowest BCUT2D eigenvalue weighted by molar-refractivity contribution is -0.119. The summed E-state index contributed by atoms with van der Waals surface area (Å²) in [5, 5.41) is 5.33. The van der Waals surface area contributed by atoms with Crippen molar-refractivity contribution in [3.8, 4) is 11.5 Å². The SMILES string of the molecule is Cc1ccc(NC(=O)COC(=O)c2ccc(Oc3ccc(C(=O)OCC(=O)Nc4ccc(C)cc4)cc3)cc2)cc1. The van der Waals surface area contributed by atoms with Gasteiger partial charge >= 0.3 is 11.9 Å². The minimum absolute atomic E-state index is 0.255. The third-order valence-corrected chi connectivity index (χ3v) is 5.76. The molecule has 0 heterocycles. The summed E-state index contributed by atoms with van der Waals surface area (Å²) in [7, 11) is 0. The fraction of sp³-hybridized carbons (Fsp3) is 0.125. The second kappa shape index (κ2) is 13.6. The van der Waals surface area contributed by atoms with Gasteiger partial charge < -0.3 is 24.8 Å². The molecule has 0 spiro atoms. The molecule has 2 amide bonds. The number of hydrogen-bond donors (Lipinski definition) is 2. The fourth-order valence-corrected chi connectivity index (χ4v) is 3.55. The number of esters is 2. The van der Waals surface area contributed by atoms with Gasteiger partial charge in [-0.1, -0.05) is 35.4 Å². The maximum atomic E-state index is 12.3. The Morgan fingerprint density at radius 1 is 0.512 bits per heavy atom. The van der Waals surface area contributed by atoms with Crippen molar-refractivity contribution in [1.29, 1.82) is 0 Å². The standard InChI is InChI=1S/C32H28N2O7/c1-21-3-11-25(12-4-21)33-29(35)19-39-31(37)23-7-15-27(16-8-23)41-28-17-9-24(10-18-28)32(38)40-20-30(36)34-26-13-5-22(2)6-14-26/h3-18H,19-20H2,1-2H3,(H,33,35)(H,34,36). The van der Waals surface area contributed by atoms with E-state index < -0.39 is 37.0 Å². The second-order valence-electron chi connectivity index (χ2n) is 9.13. The number of carbonyl (C=O) groups is 4.